The minimum absolute atomic E-state index is 0.0380. The molecule has 0 saturated carbocycles. The van der Waals surface area contributed by atoms with Gasteiger partial charge < -0.3 is 15.5 Å². The fourth-order valence-electron chi connectivity index (χ4n) is 5.09. The first-order valence-corrected chi connectivity index (χ1v) is 11.8. The molecule has 4 rings (SSSR count). The maximum absolute atomic E-state index is 12.2. The molecule has 2 heterocycles. The lowest BCUT2D eigenvalue weighted by atomic mass is 9.83. The second kappa shape index (κ2) is 11.1. The lowest BCUT2D eigenvalue weighted by Gasteiger charge is -2.48. The van der Waals surface area contributed by atoms with Gasteiger partial charge in [-0.25, -0.2) is 0 Å². The second-order valence-electron chi connectivity index (χ2n) is 8.76. The first kappa shape index (κ1) is 22.3. The SMILES string of the molecule is CN=C(NCCNC(=O)c1ccccc1)N1CCC2C(CCCN2Cc2ccccc2)C1. The third-order valence-electron chi connectivity index (χ3n) is 6.65. The summed E-state index contributed by atoms with van der Waals surface area (Å²) in [5.74, 6) is 1.58. The molecule has 6 heteroatoms. The summed E-state index contributed by atoms with van der Waals surface area (Å²) in [6.07, 6.45) is 3.72. The van der Waals surface area contributed by atoms with E-state index in [4.69, 9.17) is 0 Å². The van der Waals surface area contributed by atoms with E-state index >= 15 is 0 Å². The summed E-state index contributed by atoms with van der Waals surface area (Å²) in [5.41, 5.74) is 2.10. The fraction of sp³-hybridized carbons (Fsp3) is 0.462. The number of carbonyl (C=O) groups is 1. The summed E-state index contributed by atoms with van der Waals surface area (Å²) < 4.78 is 0. The molecule has 2 aromatic carbocycles. The molecule has 2 fully saturated rings. The third-order valence-corrected chi connectivity index (χ3v) is 6.65. The van der Waals surface area contributed by atoms with Gasteiger partial charge >= 0.3 is 0 Å². The molecule has 2 aliphatic rings. The van der Waals surface area contributed by atoms with Gasteiger partial charge in [0.05, 0.1) is 0 Å². The van der Waals surface area contributed by atoms with Crippen molar-refractivity contribution in [3.63, 3.8) is 0 Å². The molecule has 2 aliphatic heterocycles. The number of piperidine rings is 2. The van der Waals surface area contributed by atoms with Crippen LogP contribution in [0.15, 0.2) is 65.7 Å². The average molecular weight is 434 g/mol. The van der Waals surface area contributed by atoms with E-state index in [1.54, 1.807) is 0 Å². The zero-order valence-electron chi connectivity index (χ0n) is 19.0. The quantitative estimate of drug-likeness (QED) is 0.418. The number of hydrogen-bond acceptors (Lipinski definition) is 3. The lowest BCUT2D eigenvalue weighted by Crippen LogP contribution is -2.57. The van der Waals surface area contributed by atoms with E-state index in [-0.39, 0.29) is 5.91 Å². The Balaban J connectivity index is 1.25. The van der Waals surface area contributed by atoms with Crippen LogP contribution in [0.25, 0.3) is 0 Å². The van der Waals surface area contributed by atoms with Crippen molar-refractivity contribution in [3.8, 4) is 0 Å². The highest BCUT2D eigenvalue weighted by atomic mass is 16.1. The second-order valence-corrected chi connectivity index (χ2v) is 8.76. The highest BCUT2D eigenvalue weighted by Gasteiger charge is 2.36. The zero-order chi connectivity index (χ0) is 22.2. The largest absolute Gasteiger partial charge is 0.354 e. The zero-order valence-corrected chi connectivity index (χ0v) is 19.0. The number of nitrogens with one attached hydrogen (secondary N) is 2. The van der Waals surface area contributed by atoms with Crippen molar-refractivity contribution in [3.05, 3.63) is 71.8 Å². The van der Waals surface area contributed by atoms with Crippen molar-refractivity contribution >= 4 is 11.9 Å². The van der Waals surface area contributed by atoms with Crippen LogP contribution in [0.3, 0.4) is 0 Å². The van der Waals surface area contributed by atoms with Gasteiger partial charge in [-0.3, -0.25) is 14.7 Å². The van der Waals surface area contributed by atoms with Crippen LogP contribution in [0, 0.1) is 5.92 Å². The molecule has 2 aromatic rings. The summed E-state index contributed by atoms with van der Waals surface area (Å²) in [4.78, 5) is 21.8. The number of aliphatic imine (C=N–C) groups is 1. The van der Waals surface area contributed by atoms with Crippen molar-refractivity contribution in [2.24, 2.45) is 10.9 Å². The summed E-state index contributed by atoms with van der Waals surface area (Å²) in [6.45, 7) is 5.54. The number of rotatable bonds is 6. The van der Waals surface area contributed by atoms with Crippen molar-refractivity contribution in [2.45, 2.75) is 31.8 Å². The Hall–Kier alpha value is -2.86. The maximum Gasteiger partial charge on any atom is 0.251 e. The third kappa shape index (κ3) is 5.68. The van der Waals surface area contributed by atoms with E-state index in [9.17, 15) is 4.79 Å². The van der Waals surface area contributed by atoms with Crippen molar-refractivity contribution in [1.82, 2.24) is 20.4 Å². The maximum atomic E-state index is 12.2. The molecule has 0 radical (unpaired) electrons. The van der Waals surface area contributed by atoms with Gasteiger partial charge in [0.15, 0.2) is 5.96 Å². The standard InChI is InChI=1S/C26H35N5O/c1-27-26(29-16-15-28-25(32)22-11-6-3-7-12-22)31-18-14-24-23(20-31)13-8-17-30(24)19-21-9-4-2-5-10-21/h2-7,9-12,23-24H,8,13-20H2,1H3,(H,27,29)(H,28,32). The normalized spacial score (nSPS) is 21.7. The van der Waals surface area contributed by atoms with Crippen LogP contribution >= 0.6 is 0 Å². The molecule has 2 N–H and O–H groups in total. The molecule has 0 aromatic heterocycles. The Morgan fingerprint density at radius 3 is 2.44 bits per heavy atom. The van der Waals surface area contributed by atoms with Gasteiger partial charge in [-0.2, -0.15) is 0 Å². The van der Waals surface area contributed by atoms with Crippen molar-refractivity contribution < 1.29 is 4.79 Å². The highest BCUT2D eigenvalue weighted by Crippen LogP contribution is 2.31. The molecule has 0 aliphatic carbocycles. The van der Waals surface area contributed by atoms with E-state index in [1.165, 1.54) is 31.4 Å². The Kier molecular flexibility index (Phi) is 7.77. The first-order valence-electron chi connectivity index (χ1n) is 11.8. The van der Waals surface area contributed by atoms with Gasteiger partial charge in [-0.05, 0) is 49.4 Å². The van der Waals surface area contributed by atoms with Crippen molar-refractivity contribution in [1.29, 1.82) is 0 Å². The number of guanidine groups is 1. The van der Waals surface area contributed by atoms with E-state index in [0.29, 0.717) is 30.6 Å². The van der Waals surface area contributed by atoms with Crippen LogP contribution in [-0.2, 0) is 6.54 Å². The van der Waals surface area contributed by atoms with Crippen LogP contribution in [0.4, 0.5) is 0 Å². The Morgan fingerprint density at radius 1 is 0.969 bits per heavy atom. The molecule has 2 unspecified atom stereocenters. The number of hydrogen-bond donors (Lipinski definition) is 2. The molecule has 170 valence electrons. The fourth-order valence-corrected chi connectivity index (χ4v) is 5.09. The molecule has 0 bridgehead atoms. The molecule has 32 heavy (non-hydrogen) atoms. The Morgan fingerprint density at radius 2 is 1.69 bits per heavy atom. The number of amides is 1. The summed E-state index contributed by atoms with van der Waals surface area (Å²) in [5, 5.41) is 6.41. The number of nitrogens with zero attached hydrogens (tertiary/aromatic N) is 3. The summed E-state index contributed by atoms with van der Waals surface area (Å²) >= 11 is 0. The van der Waals surface area contributed by atoms with E-state index in [0.717, 1.165) is 25.6 Å². The van der Waals surface area contributed by atoms with Gasteiger partial charge in [-0.15, -0.1) is 0 Å². The molecular formula is C26H35N5O. The van der Waals surface area contributed by atoms with Gasteiger partial charge in [0, 0.05) is 51.4 Å². The molecule has 1 amide bonds. The Labute approximate surface area is 191 Å². The van der Waals surface area contributed by atoms with Gasteiger partial charge in [0.1, 0.15) is 0 Å². The van der Waals surface area contributed by atoms with E-state index in [1.807, 2.05) is 37.4 Å². The predicted octanol–water partition coefficient (Wildman–Crippen LogP) is 2.98. The van der Waals surface area contributed by atoms with Crippen LogP contribution in [0.1, 0.15) is 35.2 Å². The highest BCUT2D eigenvalue weighted by molar-refractivity contribution is 5.94. The summed E-state index contributed by atoms with van der Waals surface area (Å²) in [6, 6.07) is 20.8. The number of likely N-dealkylation sites (tertiary alicyclic amines) is 2. The first-order chi connectivity index (χ1) is 15.7. The molecule has 0 spiro atoms. The van der Waals surface area contributed by atoms with Crippen LogP contribution in [-0.4, -0.2) is 67.5 Å². The van der Waals surface area contributed by atoms with Crippen LogP contribution in [0.5, 0.6) is 0 Å². The topological polar surface area (TPSA) is 60.0 Å². The smallest absolute Gasteiger partial charge is 0.251 e. The summed E-state index contributed by atoms with van der Waals surface area (Å²) in [7, 11) is 1.85. The van der Waals surface area contributed by atoms with Gasteiger partial charge in [-0.1, -0.05) is 48.5 Å². The number of carbonyl (C=O) groups excluding carboxylic acids is 1. The lowest BCUT2D eigenvalue weighted by molar-refractivity contribution is 0.0373. The predicted molar refractivity (Wildman–Crippen MR) is 130 cm³/mol. The molecular weight excluding hydrogens is 398 g/mol. The number of benzene rings is 2. The van der Waals surface area contributed by atoms with Gasteiger partial charge in [0.25, 0.3) is 5.91 Å². The molecule has 2 atom stereocenters. The average Bonchev–Trinajstić information content (AvgIpc) is 2.85. The van der Waals surface area contributed by atoms with E-state index in [2.05, 4.69) is 55.8 Å². The van der Waals surface area contributed by atoms with E-state index < -0.39 is 0 Å². The van der Waals surface area contributed by atoms with Crippen molar-refractivity contribution in [2.75, 3.05) is 39.8 Å². The van der Waals surface area contributed by atoms with Crippen LogP contribution in [0.2, 0.25) is 0 Å². The molecule has 2 saturated heterocycles. The van der Waals surface area contributed by atoms with Crippen LogP contribution < -0.4 is 10.6 Å². The molecule has 6 nitrogen and oxygen atoms in total. The minimum atomic E-state index is -0.0380. The Bertz CT molecular complexity index is 886. The minimum Gasteiger partial charge on any atom is -0.354 e. The monoisotopic (exact) mass is 433 g/mol. The van der Waals surface area contributed by atoms with Gasteiger partial charge in [0.2, 0.25) is 0 Å². The number of fused-ring (bicyclic) bond motifs is 1.